The van der Waals surface area contributed by atoms with Gasteiger partial charge in [0.05, 0.1) is 27.4 Å². The lowest BCUT2D eigenvalue weighted by molar-refractivity contribution is -0.124. The zero-order valence-corrected chi connectivity index (χ0v) is 15.8. The van der Waals surface area contributed by atoms with Crippen molar-refractivity contribution in [3.63, 3.8) is 0 Å². The van der Waals surface area contributed by atoms with Crippen molar-refractivity contribution in [1.29, 1.82) is 0 Å². The van der Waals surface area contributed by atoms with Gasteiger partial charge >= 0.3 is 5.97 Å². The topological polar surface area (TPSA) is 83.1 Å². The summed E-state index contributed by atoms with van der Waals surface area (Å²) in [6.07, 6.45) is 0. The van der Waals surface area contributed by atoms with Gasteiger partial charge in [-0.3, -0.25) is 4.79 Å². The number of esters is 1. The molecule has 1 N–H and O–H groups in total. The zero-order valence-electron chi connectivity index (χ0n) is 15.0. The van der Waals surface area contributed by atoms with Gasteiger partial charge in [-0.25, -0.2) is 4.79 Å². The Morgan fingerprint density at radius 2 is 1.73 bits per heavy atom. The van der Waals surface area contributed by atoms with Gasteiger partial charge in [-0.2, -0.15) is 0 Å². The van der Waals surface area contributed by atoms with Crippen LogP contribution in [0.4, 0.5) is 0 Å². The van der Waals surface area contributed by atoms with E-state index in [0.717, 1.165) is 4.88 Å². The van der Waals surface area contributed by atoms with E-state index < -0.39 is 18.5 Å². The third-order valence-corrected chi connectivity index (χ3v) is 4.66. The van der Waals surface area contributed by atoms with Crippen molar-refractivity contribution in [3.05, 3.63) is 40.1 Å². The van der Waals surface area contributed by atoms with E-state index in [9.17, 15) is 9.59 Å². The first-order valence-electron chi connectivity index (χ1n) is 7.80. The molecule has 0 unspecified atom stereocenters. The van der Waals surface area contributed by atoms with Gasteiger partial charge in [-0.15, -0.1) is 11.3 Å². The minimum atomic E-state index is -0.693. The maximum atomic E-state index is 12.3. The van der Waals surface area contributed by atoms with Crippen LogP contribution < -0.4 is 19.5 Å². The fourth-order valence-electron chi connectivity index (χ4n) is 2.29. The standard InChI is InChI=1S/C18H21NO6S/c1-11(16-6-5-7-26-16)19-17(20)10-25-18(21)12-8-14(23-3)15(24-4)9-13(12)22-2/h5-9,11H,10H2,1-4H3,(H,19,20)/t11-/m0/s1. The second-order valence-corrected chi connectivity index (χ2v) is 6.27. The van der Waals surface area contributed by atoms with E-state index in [0.29, 0.717) is 11.5 Å². The molecule has 1 atom stereocenters. The van der Waals surface area contributed by atoms with Crippen LogP contribution in [0.5, 0.6) is 17.2 Å². The molecular formula is C18H21NO6S. The lowest BCUT2D eigenvalue weighted by Crippen LogP contribution is -2.30. The summed E-state index contributed by atoms with van der Waals surface area (Å²) < 4.78 is 20.6. The van der Waals surface area contributed by atoms with E-state index >= 15 is 0 Å². The summed E-state index contributed by atoms with van der Waals surface area (Å²) in [4.78, 5) is 25.4. The molecule has 7 nitrogen and oxygen atoms in total. The number of carbonyl (C=O) groups excluding carboxylic acids is 2. The Morgan fingerprint density at radius 1 is 1.08 bits per heavy atom. The lowest BCUT2D eigenvalue weighted by atomic mass is 10.1. The van der Waals surface area contributed by atoms with Gasteiger partial charge in [0.1, 0.15) is 11.3 Å². The molecular weight excluding hydrogens is 358 g/mol. The fourth-order valence-corrected chi connectivity index (χ4v) is 3.02. The van der Waals surface area contributed by atoms with Gasteiger partial charge in [0, 0.05) is 17.0 Å². The second-order valence-electron chi connectivity index (χ2n) is 5.29. The number of thiophene rings is 1. The summed E-state index contributed by atoms with van der Waals surface area (Å²) in [5.74, 6) is -0.0418. The van der Waals surface area contributed by atoms with Crippen LogP contribution in [0.15, 0.2) is 29.6 Å². The van der Waals surface area contributed by atoms with Crippen molar-refractivity contribution < 1.29 is 28.5 Å². The first-order valence-corrected chi connectivity index (χ1v) is 8.68. The summed E-state index contributed by atoms with van der Waals surface area (Å²) in [7, 11) is 4.36. The van der Waals surface area contributed by atoms with Gasteiger partial charge < -0.3 is 24.3 Å². The number of methoxy groups -OCH3 is 3. The third kappa shape index (κ3) is 4.66. The maximum absolute atomic E-state index is 12.3. The molecule has 0 saturated carbocycles. The molecule has 0 aliphatic heterocycles. The molecule has 140 valence electrons. The molecule has 1 aromatic carbocycles. The minimum Gasteiger partial charge on any atom is -0.496 e. The van der Waals surface area contributed by atoms with Crippen molar-refractivity contribution in [3.8, 4) is 17.2 Å². The Bertz CT molecular complexity index is 759. The van der Waals surface area contributed by atoms with Crippen LogP contribution in [0, 0.1) is 0 Å². The molecule has 0 bridgehead atoms. The molecule has 0 aliphatic rings. The highest BCUT2D eigenvalue weighted by Gasteiger charge is 2.20. The zero-order chi connectivity index (χ0) is 19.1. The van der Waals surface area contributed by atoms with Crippen LogP contribution in [-0.2, 0) is 9.53 Å². The van der Waals surface area contributed by atoms with E-state index in [2.05, 4.69) is 5.32 Å². The Kier molecular flexibility index (Phi) is 6.85. The molecule has 0 fully saturated rings. The number of carbonyl (C=O) groups is 2. The van der Waals surface area contributed by atoms with Crippen LogP contribution in [0.3, 0.4) is 0 Å². The molecule has 1 amide bonds. The number of amides is 1. The lowest BCUT2D eigenvalue weighted by Gasteiger charge is -2.14. The second kappa shape index (κ2) is 9.10. The molecule has 0 radical (unpaired) electrons. The van der Waals surface area contributed by atoms with E-state index in [1.54, 1.807) is 11.3 Å². The maximum Gasteiger partial charge on any atom is 0.342 e. The van der Waals surface area contributed by atoms with Gasteiger partial charge in [-0.1, -0.05) is 6.07 Å². The van der Waals surface area contributed by atoms with Crippen molar-refractivity contribution in [2.75, 3.05) is 27.9 Å². The molecule has 1 aromatic heterocycles. The summed E-state index contributed by atoms with van der Waals surface area (Å²) in [6, 6.07) is 6.65. The van der Waals surface area contributed by atoms with Gasteiger partial charge in [-0.05, 0) is 18.4 Å². The van der Waals surface area contributed by atoms with Gasteiger partial charge in [0.2, 0.25) is 0 Å². The normalized spacial score (nSPS) is 11.4. The average Bonchev–Trinajstić information content (AvgIpc) is 3.19. The Hall–Kier alpha value is -2.74. The van der Waals surface area contributed by atoms with Crippen LogP contribution in [-0.4, -0.2) is 39.8 Å². The van der Waals surface area contributed by atoms with E-state index in [4.69, 9.17) is 18.9 Å². The first-order chi connectivity index (χ1) is 12.5. The molecule has 2 rings (SSSR count). The number of nitrogens with one attached hydrogen (secondary N) is 1. The first kappa shape index (κ1) is 19.6. The van der Waals surface area contributed by atoms with Crippen LogP contribution in [0.25, 0.3) is 0 Å². The monoisotopic (exact) mass is 379 g/mol. The van der Waals surface area contributed by atoms with Crippen molar-refractivity contribution >= 4 is 23.2 Å². The average molecular weight is 379 g/mol. The molecule has 0 aliphatic carbocycles. The highest BCUT2D eigenvalue weighted by molar-refractivity contribution is 7.10. The number of rotatable bonds is 8. The number of hydrogen-bond acceptors (Lipinski definition) is 7. The largest absolute Gasteiger partial charge is 0.496 e. The summed E-state index contributed by atoms with van der Waals surface area (Å²) in [5.41, 5.74) is 0.143. The van der Waals surface area contributed by atoms with Crippen molar-refractivity contribution in [1.82, 2.24) is 5.32 Å². The molecule has 8 heteroatoms. The predicted octanol–water partition coefficient (Wildman–Crippen LogP) is 2.81. The van der Waals surface area contributed by atoms with Crippen LogP contribution in [0.1, 0.15) is 28.2 Å². The highest BCUT2D eigenvalue weighted by atomic mass is 32.1. The summed E-state index contributed by atoms with van der Waals surface area (Å²) in [5, 5.41) is 4.71. The van der Waals surface area contributed by atoms with E-state index in [-0.39, 0.29) is 17.4 Å². The van der Waals surface area contributed by atoms with Crippen LogP contribution >= 0.6 is 11.3 Å². The number of hydrogen-bond donors (Lipinski definition) is 1. The van der Waals surface area contributed by atoms with Gasteiger partial charge in [0.15, 0.2) is 18.1 Å². The van der Waals surface area contributed by atoms with E-state index in [1.165, 1.54) is 33.5 Å². The molecule has 1 heterocycles. The molecule has 0 saturated heterocycles. The van der Waals surface area contributed by atoms with Crippen LogP contribution in [0.2, 0.25) is 0 Å². The molecule has 26 heavy (non-hydrogen) atoms. The predicted molar refractivity (Wildman–Crippen MR) is 97.3 cm³/mol. The molecule has 0 spiro atoms. The Labute approximate surface area is 155 Å². The van der Waals surface area contributed by atoms with E-state index in [1.807, 2.05) is 24.4 Å². The van der Waals surface area contributed by atoms with Crippen molar-refractivity contribution in [2.45, 2.75) is 13.0 Å². The highest BCUT2D eigenvalue weighted by Crippen LogP contribution is 2.34. The third-order valence-electron chi connectivity index (χ3n) is 3.61. The summed E-state index contributed by atoms with van der Waals surface area (Å²) in [6.45, 7) is 1.47. The Morgan fingerprint density at radius 3 is 2.31 bits per heavy atom. The molecule has 2 aromatic rings. The van der Waals surface area contributed by atoms with Crippen molar-refractivity contribution in [2.24, 2.45) is 0 Å². The Balaban J connectivity index is 2.02. The smallest absolute Gasteiger partial charge is 0.342 e. The number of ether oxygens (including phenoxy) is 4. The number of benzene rings is 1. The SMILES string of the molecule is COc1cc(OC)c(C(=O)OCC(=O)N[C@@H](C)c2cccs2)cc1OC. The minimum absolute atomic E-state index is 0.143. The van der Waals surface area contributed by atoms with Gasteiger partial charge in [0.25, 0.3) is 5.91 Å². The summed E-state index contributed by atoms with van der Waals surface area (Å²) >= 11 is 1.54. The fraction of sp³-hybridized carbons (Fsp3) is 0.333. The quantitative estimate of drug-likeness (QED) is 0.710.